The van der Waals surface area contributed by atoms with Crippen molar-refractivity contribution in [3.63, 3.8) is 0 Å². The number of hydrogen-bond acceptors (Lipinski definition) is 8. The minimum atomic E-state index is -0.855. The van der Waals surface area contributed by atoms with Gasteiger partial charge in [-0.25, -0.2) is 4.99 Å². The van der Waals surface area contributed by atoms with Gasteiger partial charge in [-0.15, -0.1) is 5.11 Å². The first-order valence-corrected chi connectivity index (χ1v) is 13.0. The number of benzene rings is 2. The van der Waals surface area contributed by atoms with Gasteiger partial charge in [0.05, 0.1) is 18.0 Å². The van der Waals surface area contributed by atoms with Crippen molar-refractivity contribution in [1.82, 2.24) is 10.2 Å². The zero-order chi connectivity index (χ0) is 27.6. The van der Waals surface area contributed by atoms with E-state index in [1.54, 1.807) is 17.0 Å². The minimum absolute atomic E-state index is 0.100. The standard InChI is InChI=1S/C28H30N8O3/c29-14-21-2-1-11-36(21)24(37)15-32-10-9-28(27-33-16-34-35-27)22-7-5-19(25(30)38)12-17(22)3-4-18-13-20(26(31)39)6-8-23(18)28/h5-8,12-13,21,32H,1-4,9-11,15-16H2,(H2,30,38)(H2,31,39)/t21-/m0/s1. The number of hydrogen-bond donors (Lipinski definition) is 3. The molecular formula is C28H30N8O3. The van der Waals surface area contributed by atoms with Crippen molar-refractivity contribution in [2.24, 2.45) is 26.7 Å². The monoisotopic (exact) mass is 526 g/mol. The van der Waals surface area contributed by atoms with Gasteiger partial charge in [-0.1, -0.05) is 12.1 Å². The highest BCUT2D eigenvalue weighted by atomic mass is 16.2. The van der Waals surface area contributed by atoms with E-state index in [0.29, 0.717) is 55.7 Å². The number of azo groups is 1. The molecule has 0 saturated carbocycles. The smallest absolute Gasteiger partial charge is 0.248 e. The Morgan fingerprint density at radius 2 is 1.69 bits per heavy atom. The van der Waals surface area contributed by atoms with Crippen molar-refractivity contribution in [2.45, 2.75) is 43.6 Å². The molecule has 2 aliphatic heterocycles. The summed E-state index contributed by atoms with van der Waals surface area (Å²) in [6.45, 7) is 1.32. The number of nitrogens with one attached hydrogen (secondary N) is 1. The SMILES string of the molecule is N#C[C@@H]1CCCN1C(=O)CNCCC1(C2=NCN=N2)c2ccc(C(N)=O)cc2CCc2cc(C(N)=O)ccc21. The van der Waals surface area contributed by atoms with E-state index in [-0.39, 0.29) is 25.2 Å². The molecule has 1 saturated heterocycles. The second-order valence-electron chi connectivity index (χ2n) is 10.0. The zero-order valence-electron chi connectivity index (χ0n) is 21.5. The van der Waals surface area contributed by atoms with Gasteiger partial charge in [-0.3, -0.25) is 14.4 Å². The fraction of sp³-hybridized carbons (Fsp3) is 0.393. The van der Waals surface area contributed by atoms with Crippen LogP contribution in [0, 0.1) is 11.3 Å². The van der Waals surface area contributed by atoms with Gasteiger partial charge in [0.2, 0.25) is 17.7 Å². The highest BCUT2D eigenvalue weighted by Crippen LogP contribution is 2.45. The Labute approximate surface area is 226 Å². The summed E-state index contributed by atoms with van der Waals surface area (Å²) in [5.74, 6) is -0.610. The van der Waals surface area contributed by atoms with Gasteiger partial charge >= 0.3 is 0 Å². The highest BCUT2D eigenvalue weighted by Gasteiger charge is 2.45. The number of primary amides is 2. The number of nitriles is 1. The van der Waals surface area contributed by atoms with E-state index in [2.05, 4.69) is 26.6 Å². The minimum Gasteiger partial charge on any atom is -0.366 e. The van der Waals surface area contributed by atoms with Crippen LogP contribution >= 0.6 is 0 Å². The Morgan fingerprint density at radius 1 is 1.05 bits per heavy atom. The molecule has 1 atom stereocenters. The Hall–Kier alpha value is -4.43. The Bertz CT molecular complexity index is 1380. The van der Waals surface area contributed by atoms with E-state index in [9.17, 15) is 19.6 Å². The van der Waals surface area contributed by atoms with Gasteiger partial charge in [-0.05, 0) is 85.2 Å². The molecule has 0 spiro atoms. The summed E-state index contributed by atoms with van der Waals surface area (Å²) in [7, 11) is 0. The molecule has 11 nitrogen and oxygen atoms in total. The molecule has 11 heteroatoms. The number of carbonyl (C=O) groups is 3. The number of carbonyl (C=O) groups excluding carboxylic acids is 3. The number of nitrogens with two attached hydrogens (primary N) is 2. The lowest BCUT2D eigenvalue weighted by molar-refractivity contribution is -0.130. The largest absolute Gasteiger partial charge is 0.366 e. The zero-order valence-corrected chi connectivity index (χ0v) is 21.5. The number of aryl methyl sites for hydroxylation is 2. The van der Waals surface area contributed by atoms with Crippen molar-refractivity contribution in [3.05, 3.63) is 69.8 Å². The molecule has 0 aromatic heterocycles. The Balaban J connectivity index is 1.54. The van der Waals surface area contributed by atoms with Gasteiger partial charge in [0.1, 0.15) is 6.04 Å². The molecule has 1 aliphatic carbocycles. The van der Waals surface area contributed by atoms with Gasteiger partial charge in [0, 0.05) is 17.7 Å². The molecule has 39 heavy (non-hydrogen) atoms. The second-order valence-corrected chi connectivity index (χ2v) is 10.0. The Kier molecular flexibility index (Phi) is 7.21. The van der Waals surface area contributed by atoms with E-state index in [1.165, 1.54) is 0 Å². The summed E-state index contributed by atoms with van der Waals surface area (Å²) >= 11 is 0. The maximum atomic E-state index is 12.8. The lowest BCUT2D eigenvalue weighted by Gasteiger charge is -2.35. The molecule has 2 aromatic rings. The van der Waals surface area contributed by atoms with Gasteiger partial charge < -0.3 is 21.7 Å². The maximum Gasteiger partial charge on any atom is 0.248 e. The summed E-state index contributed by atoms with van der Waals surface area (Å²) in [6.07, 6.45) is 3.21. The number of likely N-dealkylation sites (tertiary alicyclic amines) is 1. The third kappa shape index (κ3) is 4.79. The second kappa shape index (κ2) is 10.7. The van der Waals surface area contributed by atoms with Crippen molar-refractivity contribution in [2.75, 3.05) is 26.3 Å². The van der Waals surface area contributed by atoms with Gasteiger partial charge in [0.25, 0.3) is 0 Å². The molecule has 3 amide bonds. The van der Waals surface area contributed by atoms with Crippen molar-refractivity contribution < 1.29 is 14.4 Å². The molecular weight excluding hydrogens is 496 g/mol. The number of rotatable bonds is 8. The topological polar surface area (TPSA) is 179 Å². The van der Waals surface area contributed by atoms with Crippen LogP contribution in [-0.4, -0.2) is 60.8 Å². The maximum absolute atomic E-state index is 12.8. The predicted octanol–water partition coefficient (Wildman–Crippen LogP) is 1.59. The summed E-state index contributed by atoms with van der Waals surface area (Å²) in [5, 5.41) is 21.2. The fourth-order valence-electron chi connectivity index (χ4n) is 6.00. The van der Waals surface area contributed by atoms with Crippen LogP contribution in [0.3, 0.4) is 0 Å². The van der Waals surface area contributed by atoms with Gasteiger partial charge in [0.15, 0.2) is 12.5 Å². The summed E-state index contributed by atoms with van der Waals surface area (Å²) in [4.78, 5) is 43.1. The number of fused-ring (bicyclic) bond motifs is 2. The normalized spacial score (nSPS) is 19.0. The third-order valence-corrected chi connectivity index (χ3v) is 7.87. The van der Waals surface area contributed by atoms with E-state index in [4.69, 9.17) is 11.5 Å². The van der Waals surface area contributed by atoms with Crippen LogP contribution in [0.5, 0.6) is 0 Å². The fourth-order valence-corrected chi connectivity index (χ4v) is 6.00. The first-order valence-electron chi connectivity index (χ1n) is 13.0. The Morgan fingerprint density at radius 3 is 2.23 bits per heavy atom. The molecule has 0 radical (unpaired) electrons. The average molecular weight is 527 g/mol. The van der Waals surface area contributed by atoms with Crippen LogP contribution in [0.2, 0.25) is 0 Å². The lowest BCUT2D eigenvalue weighted by Crippen LogP contribution is -2.43. The van der Waals surface area contributed by atoms with E-state index in [0.717, 1.165) is 28.7 Å². The lowest BCUT2D eigenvalue weighted by atomic mass is 9.68. The van der Waals surface area contributed by atoms with Crippen LogP contribution < -0.4 is 16.8 Å². The van der Waals surface area contributed by atoms with Crippen LogP contribution in [-0.2, 0) is 23.1 Å². The van der Waals surface area contributed by atoms with Crippen LogP contribution in [0.15, 0.2) is 51.6 Å². The number of amidine groups is 1. The molecule has 0 bridgehead atoms. The van der Waals surface area contributed by atoms with E-state index in [1.807, 2.05) is 24.3 Å². The van der Waals surface area contributed by atoms with Crippen molar-refractivity contribution >= 4 is 23.6 Å². The van der Waals surface area contributed by atoms with E-state index >= 15 is 0 Å². The number of aliphatic imine (C=N–C) groups is 1. The molecule has 1 fully saturated rings. The van der Waals surface area contributed by atoms with E-state index < -0.39 is 17.2 Å². The molecule has 5 rings (SSSR count). The molecule has 2 heterocycles. The van der Waals surface area contributed by atoms with Crippen LogP contribution in [0.4, 0.5) is 0 Å². The molecule has 5 N–H and O–H groups in total. The predicted molar refractivity (Wildman–Crippen MR) is 143 cm³/mol. The van der Waals surface area contributed by atoms with Crippen molar-refractivity contribution in [3.8, 4) is 6.07 Å². The molecule has 0 unspecified atom stereocenters. The first-order chi connectivity index (χ1) is 18.8. The summed E-state index contributed by atoms with van der Waals surface area (Å²) in [6, 6.07) is 12.7. The molecule has 3 aliphatic rings. The van der Waals surface area contributed by atoms with Crippen LogP contribution in [0.25, 0.3) is 0 Å². The third-order valence-electron chi connectivity index (χ3n) is 7.87. The number of amides is 3. The van der Waals surface area contributed by atoms with Crippen LogP contribution in [0.1, 0.15) is 62.2 Å². The van der Waals surface area contributed by atoms with Crippen molar-refractivity contribution in [1.29, 1.82) is 5.26 Å². The summed E-state index contributed by atoms with van der Waals surface area (Å²) in [5.41, 5.74) is 14.9. The quantitative estimate of drug-likeness (QED) is 0.441. The van der Waals surface area contributed by atoms with Gasteiger partial charge in [-0.2, -0.15) is 10.4 Å². The average Bonchev–Trinajstić information content (AvgIpc) is 3.63. The molecule has 2 aromatic carbocycles. The first kappa shape index (κ1) is 26.2. The molecule has 200 valence electrons. The number of nitrogens with zero attached hydrogens (tertiary/aromatic N) is 5. The summed E-state index contributed by atoms with van der Waals surface area (Å²) < 4.78 is 0. The highest BCUT2D eigenvalue weighted by molar-refractivity contribution is 6.00.